The summed E-state index contributed by atoms with van der Waals surface area (Å²) in [7, 11) is 0. The largest absolute Gasteiger partial charge is 0.486 e. The molecular weight excluding hydrogens is 356 g/mol. The number of aromatic nitrogens is 3. The van der Waals surface area contributed by atoms with E-state index in [9.17, 15) is 8.78 Å². The van der Waals surface area contributed by atoms with Gasteiger partial charge in [0.25, 0.3) is 0 Å². The van der Waals surface area contributed by atoms with Crippen molar-refractivity contribution in [3.63, 3.8) is 0 Å². The molecule has 0 atom stereocenters. The van der Waals surface area contributed by atoms with Crippen LogP contribution in [0.1, 0.15) is 11.4 Å². The molecule has 1 aromatic heterocycles. The van der Waals surface area contributed by atoms with Crippen LogP contribution in [0.3, 0.4) is 0 Å². The van der Waals surface area contributed by atoms with Gasteiger partial charge in [-0.05, 0) is 35.9 Å². The number of rotatable bonds is 8. The van der Waals surface area contributed by atoms with Crippen molar-refractivity contribution in [2.45, 2.75) is 24.1 Å². The SMILES string of the molecule is C=CCn1c(COc2ccc(F)cc2)nnc1SCc1ccccc1F. The summed E-state index contributed by atoms with van der Waals surface area (Å²) in [6, 6.07) is 12.4. The fourth-order valence-corrected chi connectivity index (χ4v) is 3.23. The van der Waals surface area contributed by atoms with Crippen LogP contribution in [0.5, 0.6) is 5.75 Å². The molecule has 0 bridgehead atoms. The van der Waals surface area contributed by atoms with Gasteiger partial charge >= 0.3 is 0 Å². The predicted octanol–water partition coefficient (Wildman–Crippen LogP) is 4.61. The topological polar surface area (TPSA) is 39.9 Å². The highest BCUT2D eigenvalue weighted by molar-refractivity contribution is 7.98. The number of halogens is 2. The van der Waals surface area contributed by atoms with E-state index >= 15 is 0 Å². The van der Waals surface area contributed by atoms with Crippen LogP contribution in [0.15, 0.2) is 66.3 Å². The first-order valence-corrected chi connectivity index (χ1v) is 8.93. The van der Waals surface area contributed by atoms with Gasteiger partial charge < -0.3 is 4.74 Å². The van der Waals surface area contributed by atoms with Gasteiger partial charge in [0.2, 0.25) is 0 Å². The molecule has 26 heavy (non-hydrogen) atoms. The summed E-state index contributed by atoms with van der Waals surface area (Å²) in [6.07, 6.45) is 1.73. The summed E-state index contributed by atoms with van der Waals surface area (Å²) in [5.41, 5.74) is 0.606. The highest BCUT2D eigenvalue weighted by atomic mass is 32.2. The molecule has 0 fully saturated rings. The Labute approximate surface area is 154 Å². The van der Waals surface area contributed by atoms with Crippen molar-refractivity contribution in [3.05, 3.63) is 84.2 Å². The van der Waals surface area contributed by atoms with Crippen LogP contribution in [0.4, 0.5) is 8.78 Å². The van der Waals surface area contributed by atoms with Gasteiger partial charge in [-0.25, -0.2) is 8.78 Å². The summed E-state index contributed by atoms with van der Waals surface area (Å²) in [5, 5.41) is 8.98. The minimum Gasteiger partial charge on any atom is -0.486 e. The molecule has 1 heterocycles. The molecule has 0 aliphatic rings. The minimum absolute atomic E-state index is 0.187. The highest BCUT2D eigenvalue weighted by Gasteiger charge is 2.13. The lowest BCUT2D eigenvalue weighted by molar-refractivity contribution is 0.288. The van der Waals surface area contributed by atoms with Gasteiger partial charge in [-0.2, -0.15) is 0 Å². The molecule has 0 unspecified atom stereocenters. The van der Waals surface area contributed by atoms with Crippen LogP contribution >= 0.6 is 11.8 Å². The van der Waals surface area contributed by atoms with Crippen LogP contribution in [0, 0.1) is 11.6 Å². The fraction of sp³-hybridized carbons (Fsp3) is 0.158. The molecule has 0 radical (unpaired) electrons. The molecule has 3 rings (SSSR count). The molecule has 0 N–H and O–H groups in total. The maximum absolute atomic E-state index is 13.8. The van der Waals surface area contributed by atoms with E-state index in [1.807, 2.05) is 4.57 Å². The van der Waals surface area contributed by atoms with Crippen molar-refractivity contribution in [2.24, 2.45) is 0 Å². The van der Waals surface area contributed by atoms with E-state index in [2.05, 4.69) is 16.8 Å². The Bertz CT molecular complexity index is 881. The maximum Gasteiger partial charge on any atom is 0.191 e. The standard InChI is InChI=1S/C19H17F2N3OS/c1-2-11-24-18(12-25-16-9-7-15(20)8-10-16)22-23-19(24)26-13-14-5-3-4-6-17(14)21/h2-10H,1,11-13H2. The lowest BCUT2D eigenvalue weighted by Gasteiger charge is -2.09. The van der Waals surface area contributed by atoms with Gasteiger partial charge in [0.05, 0.1) is 0 Å². The Morgan fingerprint density at radius 1 is 1.08 bits per heavy atom. The highest BCUT2D eigenvalue weighted by Crippen LogP contribution is 2.24. The quantitative estimate of drug-likeness (QED) is 0.427. The van der Waals surface area contributed by atoms with Gasteiger partial charge in [0.15, 0.2) is 11.0 Å². The monoisotopic (exact) mass is 373 g/mol. The van der Waals surface area contributed by atoms with Crippen LogP contribution in [-0.4, -0.2) is 14.8 Å². The number of hydrogen-bond acceptors (Lipinski definition) is 4. The number of benzene rings is 2. The number of thioether (sulfide) groups is 1. The van der Waals surface area contributed by atoms with Crippen LogP contribution < -0.4 is 4.74 Å². The van der Waals surface area contributed by atoms with E-state index in [-0.39, 0.29) is 18.2 Å². The summed E-state index contributed by atoms with van der Waals surface area (Å²) in [5.74, 6) is 1.04. The van der Waals surface area contributed by atoms with Crippen molar-refractivity contribution in [1.29, 1.82) is 0 Å². The smallest absolute Gasteiger partial charge is 0.191 e. The van der Waals surface area contributed by atoms with Crippen molar-refractivity contribution < 1.29 is 13.5 Å². The molecule has 0 saturated heterocycles. The van der Waals surface area contributed by atoms with E-state index in [4.69, 9.17) is 4.74 Å². The summed E-state index contributed by atoms with van der Waals surface area (Å²) < 4.78 is 34.2. The first kappa shape index (κ1) is 18.1. The summed E-state index contributed by atoms with van der Waals surface area (Å²) in [4.78, 5) is 0. The number of hydrogen-bond donors (Lipinski definition) is 0. The molecule has 2 aromatic carbocycles. The molecule has 134 valence electrons. The fourth-order valence-electron chi connectivity index (χ4n) is 2.28. The van der Waals surface area contributed by atoms with Crippen molar-refractivity contribution in [2.75, 3.05) is 0 Å². The van der Waals surface area contributed by atoms with Gasteiger partial charge in [-0.1, -0.05) is 36.0 Å². The first-order chi connectivity index (χ1) is 12.7. The Morgan fingerprint density at radius 3 is 2.58 bits per heavy atom. The average Bonchev–Trinajstić information content (AvgIpc) is 3.03. The zero-order valence-electron chi connectivity index (χ0n) is 13.9. The molecule has 0 spiro atoms. The Hall–Kier alpha value is -2.67. The van der Waals surface area contributed by atoms with Crippen molar-refractivity contribution in [1.82, 2.24) is 14.8 Å². The first-order valence-electron chi connectivity index (χ1n) is 7.95. The Morgan fingerprint density at radius 2 is 1.85 bits per heavy atom. The van der Waals surface area contributed by atoms with Crippen LogP contribution in [-0.2, 0) is 18.9 Å². The summed E-state index contributed by atoms with van der Waals surface area (Å²) in [6.45, 7) is 4.45. The van der Waals surface area contributed by atoms with Gasteiger partial charge in [-0.3, -0.25) is 4.57 Å². The normalized spacial score (nSPS) is 10.7. The third kappa shape index (κ3) is 4.49. The Balaban J connectivity index is 1.70. The third-order valence-electron chi connectivity index (χ3n) is 3.60. The van der Waals surface area contributed by atoms with Crippen LogP contribution in [0.25, 0.3) is 0 Å². The van der Waals surface area contributed by atoms with E-state index in [0.717, 1.165) is 0 Å². The number of nitrogens with zero attached hydrogens (tertiary/aromatic N) is 3. The molecule has 4 nitrogen and oxygen atoms in total. The maximum atomic E-state index is 13.8. The molecule has 0 aliphatic carbocycles. The number of ether oxygens (including phenoxy) is 1. The number of allylic oxidation sites excluding steroid dienone is 1. The average molecular weight is 373 g/mol. The van der Waals surface area contributed by atoms with Gasteiger partial charge in [0.1, 0.15) is 24.0 Å². The van der Waals surface area contributed by atoms with E-state index < -0.39 is 0 Å². The van der Waals surface area contributed by atoms with Crippen molar-refractivity contribution in [3.8, 4) is 5.75 Å². The summed E-state index contributed by atoms with van der Waals surface area (Å²) >= 11 is 1.40. The minimum atomic E-state index is -0.320. The lowest BCUT2D eigenvalue weighted by atomic mass is 10.2. The predicted molar refractivity (Wildman–Crippen MR) is 96.9 cm³/mol. The second-order valence-corrected chi connectivity index (χ2v) is 6.36. The Kier molecular flexibility index (Phi) is 6.01. The second-order valence-electron chi connectivity index (χ2n) is 5.42. The zero-order valence-corrected chi connectivity index (χ0v) is 14.8. The molecule has 7 heteroatoms. The molecular formula is C19H17F2N3OS. The molecule has 0 saturated carbocycles. The second kappa shape index (κ2) is 8.62. The van der Waals surface area contributed by atoms with E-state index in [1.165, 1.54) is 30.0 Å². The molecule has 0 aliphatic heterocycles. The van der Waals surface area contributed by atoms with Gasteiger partial charge in [-0.15, -0.1) is 16.8 Å². The zero-order chi connectivity index (χ0) is 18.4. The van der Waals surface area contributed by atoms with Crippen LogP contribution in [0.2, 0.25) is 0 Å². The molecule has 3 aromatic rings. The van der Waals surface area contributed by atoms with Gasteiger partial charge in [0, 0.05) is 12.3 Å². The van der Waals surface area contributed by atoms with E-state index in [1.54, 1.807) is 36.4 Å². The third-order valence-corrected chi connectivity index (χ3v) is 4.62. The van der Waals surface area contributed by atoms with Crippen molar-refractivity contribution >= 4 is 11.8 Å². The molecule has 0 amide bonds. The van der Waals surface area contributed by atoms with E-state index in [0.29, 0.717) is 34.6 Å². The lowest BCUT2D eigenvalue weighted by Crippen LogP contribution is -2.07.